The van der Waals surface area contributed by atoms with E-state index in [1.54, 1.807) is 0 Å². The molecule has 3 N–H and O–H groups in total. The van der Waals surface area contributed by atoms with E-state index in [1.165, 1.54) is 6.92 Å². The van der Waals surface area contributed by atoms with Crippen molar-refractivity contribution in [3.05, 3.63) is 12.3 Å². The van der Waals surface area contributed by atoms with E-state index in [9.17, 15) is 8.78 Å². The monoisotopic (exact) mass is 165 g/mol. The fraction of sp³-hybridized carbons (Fsp3) is 0.714. The van der Waals surface area contributed by atoms with Gasteiger partial charge in [0.1, 0.15) is 5.60 Å². The average Bonchev–Trinajstić information content (AvgIpc) is 1.85. The van der Waals surface area contributed by atoms with Crippen molar-refractivity contribution in [1.29, 1.82) is 0 Å². The van der Waals surface area contributed by atoms with Gasteiger partial charge in [0.2, 0.25) is 0 Å². The highest BCUT2D eigenvalue weighted by molar-refractivity contribution is 5.02. The van der Waals surface area contributed by atoms with Gasteiger partial charge in [-0.2, -0.15) is 0 Å². The maximum Gasteiger partial charge on any atom is 0.267 e. The molecule has 0 saturated heterocycles. The summed E-state index contributed by atoms with van der Waals surface area (Å²) in [6.45, 7) is 5.74. The fourth-order valence-corrected chi connectivity index (χ4v) is 0.564. The minimum Gasteiger partial charge on any atom is -0.402 e. The highest BCUT2D eigenvalue weighted by atomic mass is 19.3. The van der Waals surface area contributed by atoms with Crippen molar-refractivity contribution in [2.24, 2.45) is 11.7 Å². The van der Waals surface area contributed by atoms with Gasteiger partial charge in [-0.1, -0.05) is 13.5 Å². The molecule has 0 aliphatic carbocycles. The molecule has 0 spiro atoms. The zero-order valence-corrected chi connectivity index (χ0v) is 6.64. The zero-order chi connectivity index (χ0) is 9.23. The van der Waals surface area contributed by atoms with Crippen LogP contribution in [0.5, 0.6) is 0 Å². The van der Waals surface area contributed by atoms with Crippen LogP contribution in [0.3, 0.4) is 0 Å². The Labute approximate surface area is 64.7 Å². The number of aliphatic hydroxyl groups is 1. The van der Waals surface area contributed by atoms with Gasteiger partial charge >= 0.3 is 0 Å². The standard InChI is InChI=1S/C7H13F2NO/c1-4(5(2)10)7(3,11)6(8)9/h4,6,11H,2,10H2,1,3H3. The highest BCUT2D eigenvalue weighted by Crippen LogP contribution is 2.26. The topological polar surface area (TPSA) is 46.2 Å². The summed E-state index contributed by atoms with van der Waals surface area (Å²) in [7, 11) is 0. The average molecular weight is 165 g/mol. The Balaban J connectivity index is 4.41. The Hall–Kier alpha value is -0.640. The first kappa shape index (κ1) is 10.4. The van der Waals surface area contributed by atoms with Gasteiger partial charge in [0.15, 0.2) is 0 Å². The molecule has 0 saturated carbocycles. The van der Waals surface area contributed by atoms with E-state index >= 15 is 0 Å². The lowest BCUT2D eigenvalue weighted by molar-refractivity contribution is -0.107. The Morgan fingerprint density at radius 1 is 1.64 bits per heavy atom. The Kier molecular flexibility index (Phi) is 2.99. The number of hydrogen-bond donors (Lipinski definition) is 2. The fourth-order valence-electron chi connectivity index (χ4n) is 0.564. The van der Waals surface area contributed by atoms with Crippen LogP contribution in [0, 0.1) is 5.92 Å². The second kappa shape index (κ2) is 3.17. The first-order chi connectivity index (χ1) is 4.80. The summed E-state index contributed by atoms with van der Waals surface area (Å²) in [6, 6.07) is 0. The number of hydrogen-bond acceptors (Lipinski definition) is 2. The van der Waals surface area contributed by atoms with Gasteiger partial charge in [-0.05, 0) is 6.92 Å². The molecule has 2 atom stereocenters. The number of rotatable bonds is 3. The first-order valence-corrected chi connectivity index (χ1v) is 3.25. The van der Waals surface area contributed by atoms with Crippen molar-refractivity contribution in [3.8, 4) is 0 Å². The Morgan fingerprint density at radius 3 is 2.09 bits per heavy atom. The normalized spacial score (nSPS) is 19.5. The Bertz CT molecular complexity index is 157. The van der Waals surface area contributed by atoms with Gasteiger partial charge in [-0.25, -0.2) is 8.78 Å². The SMILES string of the molecule is C=C(N)C(C)C(C)(O)C(F)F. The van der Waals surface area contributed by atoms with Crippen LogP contribution < -0.4 is 5.73 Å². The summed E-state index contributed by atoms with van der Waals surface area (Å²) < 4.78 is 24.2. The molecule has 0 radical (unpaired) electrons. The molecule has 2 unspecified atom stereocenters. The summed E-state index contributed by atoms with van der Waals surface area (Å²) in [5, 5.41) is 9.14. The maximum absolute atomic E-state index is 12.1. The van der Waals surface area contributed by atoms with Crippen LogP contribution in [-0.2, 0) is 0 Å². The van der Waals surface area contributed by atoms with Crippen molar-refractivity contribution in [2.75, 3.05) is 0 Å². The molecule has 2 nitrogen and oxygen atoms in total. The van der Waals surface area contributed by atoms with Crippen LogP contribution >= 0.6 is 0 Å². The summed E-state index contributed by atoms with van der Waals surface area (Å²) in [5.41, 5.74) is 3.16. The molecule has 66 valence electrons. The van der Waals surface area contributed by atoms with Crippen LogP contribution in [0.1, 0.15) is 13.8 Å². The van der Waals surface area contributed by atoms with E-state index in [2.05, 4.69) is 6.58 Å². The van der Waals surface area contributed by atoms with Crippen molar-refractivity contribution in [3.63, 3.8) is 0 Å². The predicted molar refractivity (Wildman–Crippen MR) is 39.1 cm³/mol. The van der Waals surface area contributed by atoms with E-state index in [1.807, 2.05) is 0 Å². The zero-order valence-electron chi connectivity index (χ0n) is 6.64. The maximum atomic E-state index is 12.1. The van der Waals surface area contributed by atoms with Crippen LogP contribution in [0.25, 0.3) is 0 Å². The number of halogens is 2. The molecule has 0 heterocycles. The molecule has 0 aromatic carbocycles. The minimum atomic E-state index is -2.81. The molecule has 0 aliphatic heterocycles. The van der Waals surface area contributed by atoms with E-state index < -0.39 is 17.9 Å². The van der Waals surface area contributed by atoms with E-state index in [0.717, 1.165) is 6.92 Å². The van der Waals surface area contributed by atoms with Crippen molar-refractivity contribution in [2.45, 2.75) is 25.9 Å². The predicted octanol–water partition coefficient (Wildman–Crippen LogP) is 1.11. The first-order valence-electron chi connectivity index (χ1n) is 3.25. The van der Waals surface area contributed by atoms with Gasteiger partial charge < -0.3 is 10.8 Å². The Morgan fingerprint density at radius 2 is 2.00 bits per heavy atom. The molecule has 0 aromatic heterocycles. The van der Waals surface area contributed by atoms with Crippen molar-refractivity contribution < 1.29 is 13.9 Å². The minimum absolute atomic E-state index is 0.0651. The van der Waals surface area contributed by atoms with Crippen LogP contribution in [0.2, 0.25) is 0 Å². The molecule has 0 amide bonds. The van der Waals surface area contributed by atoms with Gasteiger partial charge in [-0.3, -0.25) is 0 Å². The highest BCUT2D eigenvalue weighted by Gasteiger charge is 2.38. The van der Waals surface area contributed by atoms with Gasteiger partial charge in [0, 0.05) is 11.6 Å². The lowest BCUT2D eigenvalue weighted by Gasteiger charge is -2.29. The molecule has 0 aliphatic rings. The van der Waals surface area contributed by atoms with Crippen molar-refractivity contribution in [1.82, 2.24) is 0 Å². The molecule has 0 aromatic rings. The lowest BCUT2D eigenvalue weighted by Crippen LogP contribution is -2.42. The third-order valence-electron chi connectivity index (χ3n) is 1.87. The molecule has 4 heteroatoms. The van der Waals surface area contributed by atoms with Crippen LogP contribution in [0.15, 0.2) is 12.3 Å². The van der Waals surface area contributed by atoms with Crippen molar-refractivity contribution >= 4 is 0 Å². The molecule has 0 bridgehead atoms. The second-order valence-corrected chi connectivity index (χ2v) is 2.82. The van der Waals surface area contributed by atoms with E-state index in [4.69, 9.17) is 10.8 Å². The van der Waals surface area contributed by atoms with Gasteiger partial charge in [0.05, 0.1) is 0 Å². The second-order valence-electron chi connectivity index (χ2n) is 2.82. The molecular formula is C7H13F2NO. The lowest BCUT2D eigenvalue weighted by atomic mass is 9.89. The number of alkyl halides is 2. The van der Waals surface area contributed by atoms with Crippen LogP contribution in [0.4, 0.5) is 8.78 Å². The molecule has 11 heavy (non-hydrogen) atoms. The summed E-state index contributed by atoms with van der Waals surface area (Å²) in [6.07, 6.45) is -2.81. The van der Waals surface area contributed by atoms with E-state index in [-0.39, 0.29) is 5.70 Å². The largest absolute Gasteiger partial charge is 0.402 e. The van der Waals surface area contributed by atoms with Gasteiger partial charge in [-0.15, -0.1) is 0 Å². The summed E-state index contributed by atoms with van der Waals surface area (Å²) >= 11 is 0. The molecule has 0 rings (SSSR count). The van der Waals surface area contributed by atoms with Gasteiger partial charge in [0.25, 0.3) is 6.43 Å². The molecular weight excluding hydrogens is 152 g/mol. The summed E-state index contributed by atoms with van der Waals surface area (Å²) in [5.74, 6) is -0.803. The molecule has 0 fully saturated rings. The van der Waals surface area contributed by atoms with Crippen LogP contribution in [-0.4, -0.2) is 17.1 Å². The smallest absolute Gasteiger partial charge is 0.267 e. The third kappa shape index (κ3) is 2.15. The number of nitrogens with two attached hydrogens (primary N) is 1. The quantitative estimate of drug-likeness (QED) is 0.658. The third-order valence-corrected chi connectivity index (χ3v) is 1.87. The summed E-state index contributed by atoms with van der Waals surface area (Å²) in [4.78, 5) is 0. The van der Waals surface area contributed by atoms with E-state index in [0.29, 0.717) is 0 Å².